The van der Waals surface area contributed by atoms with E-state index in [4.69, 9.17) is 10.5 Å². The maximum absolute atomic E-state index is 5.60. The summed E-state index contributed by atoms with van der Waals surface area (Å²) in [5, 5.41) is 0. The molecule has 2 rings (SSSR count). The highest BCUT2D eigenvalue weighted by molar-refractivity contribution is 5.58. The van der Waals surface area contributed by atoms with Crippen molar-refractivity contribution in [2.24, 2.45) is 12.8 Å². The highest BCUT2D eigenvalue weighted by Gasteiger charge is 2.11. The number of ether oxygens (including phenoxy) is 1. The normalized spacial score (nSPS) is 10.7. The topological polar surface area (TPSA) is 53.1 Å². The van der Waals surface area contributed by atoms with Crippen LogP contribution in [-0.2, 0) is 13.5 Å². The van der Waals surface area contributed by atoms with Crippen LogP contribution in [0.5, 0.6) is 5.75 Å². The zero-order valence-electron chi connectivity index (χ0n) is 11.1. The van der Waals surface area contributed by atoms with Crippen molar-refractivity contribution in [1.29, 1.82) is 0 Å². The number of hydrogen-bond donors (Lipinski definition) is 1. The van der Waals surface area contributed by atoms with Gasteiger partial charge in [0.1, 0.15) is 11.6 Å². The summed E-state index contributed by atoms with van der Waals surface area (Å²) in [4.78, 5) is 4.67. The average molecular weight is 245 g/mol. The van der Waals surface area contributed by atoms with Crippen LogP contribution in [0.25, 0.3) is 11.4 Å². The Kier molecular flexibility index (Phi) is 3.67. The van der Waals surface area contributed by atoms with Crippen LogP contribution in [-0.4, -0.2) is 23.2 Å². The van der Waals surface area contributed by atoms with Crippen LogP contribution < -0.4 is 10.5 Å². The third-order valence-corrected chi connectivity index (χ3v) is 3.21. The fourth-order valence-corrected chi connectivity index (χ4v) is 2.01. The van der Waals surface area contributed by atoms with E-state index in [2.05, 4.69) is 16.5 Å². The van der Waals surface area contributed by atoms with Gasteiger partial charge in [-0.05, 0) is 37.7 Å². The quantitative estimate of drug-likeness (QED) is 0.895. The number of methoxy groups -OCH3 is 1. The minimum atomic E-state index is 0.625. The third-order valence-electron chi connectivity index (χ3n) is 3.21. The van der Waals surface area contributed by atoms with E-state index >= 15 is 0 Å². The minimum Gasteiger partial charge on any atom is -0.497 e. The molecular weight excluding hydrogens is 226 g/mol. The first-order chi connectivity index (χ1) is 8.67. The molecule has 0 aliphatic rings. The lowest BCUT2D eigenvalue weighted by atomic mass is 10.2. The molecule has 4 heteroatoms. The smallest absolute Gasteiger partial charge is 0.140 e. The van der Waals surface area contributed by atoms with Crippen LogP contribution in [0.4, 0.5) is 0 Å². The molecule has 0 aliphatic carbocycles. The van der Waals surface area contributed by atoms with Gasteiger partial charge in [0.05, 0.1) is 12.8 Å². The first-order valence-electron chi connectivity index (χ1n) is 6.04. The van der Waals surface area contributed by atoms with Crippen molar-refractivity contribution in [3.63, 3.8) is 0 Å². The molecule has 1 aromatic heterocycles. The Morgan fingerprint density at radius 1 is 1.28 bits per heavy atom. The molecule has 2 aromatic rings. The molecule has 0 atom stereocenters. The Hall–Kier alpha value is -1.81. The standard InChI is InChI=1S/C14H19N3O/c1-10-13(8-9-15)16-14(17(10)2)11-4-6-12(18-3)7-5-11/h4-7H,8-9,15H2,1-3H3. The van der Waals surface area contributed by atoms with Crippen molar-refractivity contribution < 1.29 is 4.74 Å². The van der Waals surface area contributed by atoms with E-state index in [0.717, 1.165) is 29.3 Å². The van der Waals surface area contributed by atoms with Gasteiger partial charge in [-0.1, -0.05) is 0 Å². The molecule has 18 heavy (non-hydrogen) atoms. The maximum atomic E-state index is 5.60. The number of nitrogens with zero attached hydrogens (tertiary/aromatic N) is 2. The lowest BCUT2D eigenvalue weighted by Crippen LogP contribution is -2.04. The van der Waals surface area contributed by atoms with E-state index in [1.165, 1.54) is 5.69 Å². The van der Waals surface area contributed by atoms with Crippen molar-refractivity contribution in [2.75, 3.05) is 13.7 Å². The number of imidazole rings is 1. The van der Waals surface area contributed by atoms with Crippen molar-refractivity contribution in [3.8, 4) is 17.1 Å². The van der Waals surface area contributed by atoms with Gasteiger partial charge in [0.2, 0.25) is 0 Å². The molecule has 0 unspecified atom stereocenters. The summed E-state index contributed by atoms with van der Waals surface area (Å²) >= 11 is 0. The maximum Gasteiger partial charge on any atom is 0.140 e. The van der Waals surface area contributed by atoms with Crippen molar-refractivity contribution in [2.45, 2.75) is 13.3 Å². The molecule has 1 heterocycles. The molecule has 0 fully saturated rings. The Morgan fingerprint density at radius 3 is 2.50 bits per heavy atom. The summed E-state index contributed by atoms with van der Waals surface area (Å²) in [7, 11) is 3.70. The van der Waals surface area contributed by atoms with E-state index in [9.17, 15) is 0 Å². The Balaban J connectivity index is 2.40. The highest BCUT2D eigenvalue weighted by atomic mass is 16.5. The predicted molar refractivity (Wildman–Crippen MR) is 72.7 cm³/mol. The van der Waals surface area contributed by atoms with Crippen molar-refractivity contribution >= 4 is 0 Å². The number of nitrogens with two attached hydrogens (primary N) is 1. The number of rotatable bonds is 4. The SMILES string of the molecule is COc1ccc(-c2nc(CCN)c(C)n2C)cc1. The summed E-state index contributed by atoms with van der Waals surface area (Å²) in [6.45, 7) is 2.70. The van der Waals surface area contributed by atoms with Crippen LogP contribution in [0.3, 0.4) is 0 Å². The van der Waals surface area contributed by atoms with Gasteiger partial charge < -0.3 is 15.0 Å². The minimum absolute atomic E-state index is 0.625. The predicted octanol–water partition coefficient (Wildman–Crippen LogP) is 1.91. The zero-order valence-corrected chi connectivity index (χ0v) is 11.1. The van der Waals surface area contributed by atoms with Crippen LogP contribution in [0.2, 0.25) is 0 Å². The van der Waals surface area contributed by atoms with Gasteiger partial charge in [-0.25, -0.2) is 4.98 Å². The monoisotopic (exact) mass is 245 g/mol. The molecule has 0 aliphatic heterocycles. The van der Waals surface area contributed by atoms with Gasteiger partial charge in [-0.2, -0.15) is 0 Å². The second kappa shape index (κ2) is 5.23. The van der Waals surface area contributed by atoms with E-state index in [-0.39, 0.29) is 0 Å². The van der Waals surface area contributed by atoms with Crippen molar-refractivity contribution in [3.05, 3.63) is 35.7 Å². The highest BCUT2D eigenvalue weighted by Crippen LogP contribution is 2.23. The fraction of sp³-hybridized carbons (Fsp3) is 0.357. The Morgan fingerprint density at radius 2 is 1.94 bits per heavy atom. The van der Waals surface area contributed by atoms with Gasteiger partial charge in [-0.15, -0.1) is 0 Å². The van der Waals surface area contributed by atoms with Gasteiger partial charge in [-0.3, -0.25) is 0 Å². The summed E-state index contributed by atoms with van der Waals surface area (Å²) in [5.74, 6) is 1.82. The lowest BCUT2D eigenvalue weighted by molar-refractivity contribution is 0.415. The second-order valence-corrected chi connectivity index (χ2v) is 4.29. The third kappa shape index (κ3) is 2.24. The van der Waals surface area contributed by atoms with Crippen molar-refractivity contribution in [1.82, 2.24) is 9.55 Å². The molecule has 0 saturated heterocycles. The average Bonchev–Trinajstić information content (AvgIpc) is 2.68. The van der Waals surface area contributed by atoms with Gasteiger partial charge >= 0.3 is 0 Å². The number of benzene rings is 1. The zero-order chi connectivity index (χ0) is 13.1. The van der Waals surface area contributed by atoms with E-state index in [1.807, 2.05) is 31.3 Å². The van der Waals surface area contributed by atoms with E-state index in [0.29, 0.717) is 6.54 Å². The van der Waals surface area contributed by atoms with Gasteiger partial charge in [0.15, 0.2) is 0 Å². The number of hydrogen-bond acceptors (Lipinski definition) is 3. The Labute approximate surface area is 107 Å². The first-order valence-corrected chi connectivity index (χ1v) is 6.04. The molecule has 2 N–H and O–H groups in total. The van der Waals surface area contributed by atoms with Crippen LogP contribution >= 0.6 is 0 Å². The summed E-state index contributed by atoms with van der Waals surface area (Å²) in [6, 6.07) is 7.93. The number of aromatic nitrogens is 2. The van der Waals surface area contributed by atoms with Gasteiger partial charge in [0, 0.05) is 24.7 Å². The van der Waals surface area contributed by atoms with Crippen LogP contribution in [0, 0.1) is 6.92 Å². The fourth-order valence-electron chi connectivity index (χ4n) is 2.01. The molecule has 0 radical (unpaired) electrons. The van der Waals surface area contributed by atoms with E-state index in [1.54, 1.807) is 7.11 Å². The Bertz CT molecular complexity index is 529. The molecule has 0 spiro atoms. The molecule has 0 bridgehead atoms. The molecule has 1 aromatic carbocycles. The molecule has 0 saturated carbocycles. The molecule has 96 valence electrons. The van der Waals surface area contributed by atoms with Crippen LogP contribution in [0.1, 0.15) is 11.4 Å². The molecule has 0 amide bonds. The largest absolute Gasteiger partial charge is 0.497 e. The lowest BCUT2D eigenvalue weighted by Gasteiger charge is -2.04. The first kappa shape index (κ1) is 12.6. The van der Waals surface area contributed by atoms with Gasteiger partial charge in [0.25, 0.3) is 0 Å². The van der Waals surface area contributed by atoms with E-state index < -0.39 is 0 Å². The second-order valence-electron chi connectivity index (χ2n) is 4.29. The molecule has 4 nitrogen and oxygen atoms in total. The van der Waals surface area contributed by atoms with Crippen LogP contribution in [0.15, 0.2) is 24.3 Å². The molecular formula is C14H19N3O. The summed E-state index contributed by atoms with van der Waals surface area (Å²) in [6.07, 6.45) is 0.815. The summed E-state index contributed by atoms with van der Waals surface area (Å²) in [5.41, 5.74) is 8.93. The summed E-state index contributed by atoms with van der Waals surface area (Å²) < 4.78 is 7.26.